The molecule has 1 atom stereocenters. The number of allylic oxidation sites excluding steroid dienone is 16. The van der Waals surface area contributed by atoms with Gasteiger partial charge in [0.25, 0.3) is 0 Å². The van der Waals surface area contributed by atoms with E-state index in [9.17, 15) is 14.7 Å². The van der Waals surface area contributed by atoms with E-state index in [1.165, 1.54) is 212 Å². The normalized spacial score (nSPS) is 12.8. The molecule has 1 N–H and O–H groups in total. The van der Waals surface area contributed by atoms with E-state index in [1.54, 1.807) is 0 Å². The van der Waals surface area contributed by atoms with Gasteiger partial charge in [-0.15, -0.1) is 0 Å². The molecule has 0 aliphatic carbocycles. The van der Waals surface area contributed by atoms with Crippen LogP contribution in [0.25, 0.3) is 0 Å². The zero-order chi connectivity index (χ0) is 54.8. The van der Waals surface area contributed by atoms with Crippen LogP contribution in [0, 0.1) is 0 Å². The molecule has 0 aromatic rings. The first-order valence-electron chi connectivity index (χ1n) is 32.8. The highest BCUT2D eigenvalue weighted by molar-refractivity contribution is 5.70. The second kappa shape index (κ2) is 66.1. The number of rotatable bonds is 60. The average molecular weight is 1060 g/mol. The van der Waals surface area contributed by atoms with Crippen molar-refractivity contribution in [3.8, 4) is 0 Å². The van der Waals surface area contributed by atoms with E-state index in [2.05, 4.69) is 111 Å². The number of ether oxygens (including phenoxy) is 2. The maximum absolute atomic E-state index is 12.3. The highest BCUT2D eigenvalue weighted by atomic mass is 16.6. The van der Waals surface area contributed by atoms with Crippen LogP contribution >= 0.6 is 0 Å². The number of hydrogen-bond acceptors (Lipinski definition) is 5. The number of aliphatic hydroxyl groups excluding tert-OH is 1. The first-order chi connectivity index (χ1) is 37.6. The molecule has 0 amide bonds. The summed E-state index contributed by atoms with van der Waals surface area (Å²) < 4.78 is 10.7. The zero-order valence-corrected chi connectivity index (χ0v) is 50.3. The molecule has 0 bridgehead atoms. The van der Waals surface area contributed by atoms with Gasteiger partial charge in [-0.1, -0.05) is 310 Å². The fourth-order valence-corrected chi connectivity index (χ4v) is 9.47. The molecule has 0 aliphatic rings. The van der Waals surface area contributed by atoms with Gasteiger partial charge in [0.1, 0.15) is 6.61 Å². The van der Waals surface area contributed by atoms with Gasteiger partial charge in [0.05, 0.1) is 6.61 Å². The first kappa shape index (κ1) is 72.8. The molecular weight excluding hydrogens is 933 g/mol. The summed E-state index contributed by atoms with van der Waals surface area (Å²) in [6, 6.07) is 0. The Morgan fingerprint density at radius 2 is 0.566 bits per heavy atom. The van der Waals surface area contributed by atoms with Crippen molar-refractivity contribution in [3.05, 3.63) is 97.2 Å². The van der Waals surface area contributed by atoms with Crippen molar-refractivity contribution in [1.82, 2.24) is 0 Å². The topological polar surface area (TPSA) is 72.8 Å². The van der Waals surface area contributed by atoms with Gasteiger partial charge in [-0.2, -0.15) is 0 Å². The summed E-state index contributed by atoms with van der Waals surface area (Å²) in [5.74, 6) is -0.635. The van der Waals surface area contributed by atoms with Gasteiger partial charge in [-0.05, 0) is 96.3 Å². The van der Waals surface area contributed by atoms with E-state index in [1.807, 2.05) is 0 Å². The predicted octanol–water partition coefficient (Wildman–Crippen LogP) is 22.6. The summed E-state index contributed by atoms with van der Waals surface area (Å²) in [6.45, 7) is 4.00. The Morgan fingerprint density at radius 1 is 0.316 bits per heavy atom. The summed E-state index contributed by atoms with van der Waals surface area (Å²) in [5, 5.41) is 9.66. The number of hydrogen-bond donors (Lipinski definition) is 1. The molecule has 438 valence electrons. The summed E-state index contributed by atoms with van der Waals surface area (Å²) in [4.78, 5) is 24.5. The maximum Gasteiger partial charge on any atom is 0.306 e. The molecule has 0 radical (unpaired) electrons. The van der Waals surface area contributed by atoms with E-state index >= 15 is 0 Å². The van der Waals surface area contributed by atoms with E-state index in [4.69, 9.17) is 9.47 Å². The van der Waals surface area contributed by atoms with Gasteiger partial charge < -0.3 is 14.6 Å². The van der Waals surface area contributed by atoms with Crippen molar-refractivity contribution in [2.24, 2.45) is 0 Å². The van der Waals surface area contributed by atoms with E-state index < -0.39 is 6.10 Å². The molecule has 76 heavy (non-hydrogen) atoms. The Balaban J connectivity index is 3.43. The second-order valence-corrected chi connectivity index (χ2v) is 21.8. The van der Waals surface area contributed by atoms with Crippen LogP contribution in [-0.4, -0.2) is 36.4 Å². The van der Waals surface area contributed by atoms with Crippen molar-refractivity contribution in [2.45, 2.75) is 328 Å². The van der Waals surface area contributed by atoms with Gasteiger partial charge in [0.15, 0.2) is 6.10 Å². The Morgan fingerprint density at radius 3 is 0.882 bits per heavy atom. The molecule has 0 aromatic carbocycles. The van der Waals surface area contributed by atoms with Crippen LogP contribution in [-0.2, 0) is 19.1 Å². The minimum atomic E-state index is -0.800. The number of esters is 2. The SMILES string of the molecule is CC/C=C\C/C=C\C/C=C\C/C=C\C/C=C\C/C=C\CCCCC(=O)OC(CO)COC(=O)CCCCCCCCCCCCCCCCCCCCCCCCCCCCCCC/C=C\C/C=C\CCCCCCC. The number of aliphatic hydroxyl groups is 1. The molecule has 0 aliphatic heterocycles. The van der Waals surface area contributed by atoms with Gasteiger partial charge in [-0.3, -0.25) is 9.59 Å². The van der Waals surface area contributed by atoms with Gasteiger partial charge in [-0.25, -0.2) is 0 Å². The van der Waals surface area contributed by atoms with E-state index in [-0.39, 0.29) is 25.2 Å². The Bertz CT molecular complexity index is 1430. The minimum absolute atomic E-state index is 0.0854. The average Bonchev–Trinajstić information content (AvgIpc) is 3.42. The highest BCUT2D eigenvalue weighted by Gasteiger charge is 2.16. The summed E-state index contributed by atoms with van der Waals surface area (Å²) in [7, 11) is 0. The van der Waals surface area contributed by atoms with Crippen molar-refractivity contribution in [2.75, 3.05) is 13.2 Å². The Kier molecular flexibility index (Phi) is 63.3. The van der Waals surface area contributed by atoms with Crippen molar-refractivity contribution >= 4 is 11.9 Å². The molecule has 0 spiro atoms. The molecule has 0 saturated heterocycles. The van der Waals surface area contributed by atoms with Crippen molar-refractivity contribution in [1.29, 1.82) is 0 Å². The maximum atomic E-state index is 12.3. The number of carbonyl (C=O) groups is 2. The van der Waals surface area contributed by atoms with Gasteiger partial charge in [0, 0.05) is 12.8 Å². The molecule has 5 nitrogen and oxygen atoms in total. The van der Waals surface area contributed by atoms with Gasteiger partial charge >= 0.3 is 11.9 Å². The molecule has 0 aromatic heterocycles. The van der Waals surface area contributed by atoms with E-state index in [0.29, 0.717) is 12.8 Å². The van der Waals surface area contributed by atoms with Crippen LogP contribution < -0.4 is 0 Å². The summed E-state index contributed by atoms with van der Waals surface area (Å²) >= 11 is 0. The summed E-state index contributed by atoms with van der Waals surface area (Å²) in [6.07, 6.45) is 94.4. The van der Waals surface area contributed by atoms with Crippen LogP contribution in [0.1, 0.15) is 322 Å². The molecule has 5 heteroatoms. The van der Waals surface area contributed by atoms with Crippen LogP contribution in [0.4, 0.5) is 0 Å². The third-order valence-electron chi connectivity index (χ3n) is 14.4. The van der Waals surface area contributed by atoms with Crippen molar-refractivity contribution in [3.63, 3.8) is 0 Å². The predicted molar refractivity (Wildman–Crippen MR) is 334 cm³/mol. The van der Waals surface area contributed by atoms with Crippen LogP contribution in [0.2, 0.25) is 0 Å². The third kappa shape index (κ3) is 63.4. The van der Waals surface area contributed by atoms with Crippen LogP contribution in [0.5, 0.6) is 0 Å². The van der Waals surface area contributed by atoms with Crippen LogP contribution in [0.15, 0.2) is 97.2 Å². The zero-order valence-electron chi connectivity index (χ0n) is 50.3. The Labute approximate surface area is 472 Å². The lowest BCUT2D eigenvalue weighted by atomic mass is 10.0. The minimum Gasteiger partial charge on any atom is -0.462 e. The fraction of sp³-hybridized carbons (Fsp3) is 0.746. The smallest absolute Gasteiger partial charge is 0.306 e. The fourth-order valence-electron chi connectivity index (χ4n) is 9.47. The molecule has 1 unspecified atom stereocenters. The Hall–Kier alpha value is -3.18. The molecular formula is C71H124O5. The standard InChI is InChI=1S/C71H124O5/c1-3-5-7-9-11-13-15-17-19-21-23-25-26-27-28-29-30-31-32-33-34-35-36-37-38-39-40-41-42-43-44-46-47-49-51-53-55-57-59-61-63-65-70(73)75-68-69(67-72)76-71(74)66-64-62-60-58-56-54-52-50-48-45-24-22-20-18-16-14-12-10-8-6-4-2/h6,8,12,14-15,17-18,20-21,23-24,45,50,52,56,58,69,72H,3-5,7,9-11,13,16,19,22,25-44,46-49,51,53-55,57,59-68H2,1-2H3/b8-6-,14-12-,17-15-,20-18-,23-21-,45-24-,52-50-,58-56-. The van der Waals surface area contributed by atoms with E-state index in [0.717, 1.165) is 83.5 Å². The monoisotopic (exact) mass is 1060 g/mol. The lowest BCUT2D eigenvalue weighted by Crippen LogP contribution is -2.28. The second-order valence-electron chi connectivity index (χ2n) is 21.8. The largest absolute Gasteiger partial charge is 0.462 e. The lowest BCUT2D eigenvalue weighted by Gasteiger charge is -2.15. The van der Waals surface area contributed by atoms with Crippen LogP contribution in [0.3, 0.4) is 0 Å². The first-order valence-corrected chi connectivity index (χ1v) is 32.8. The molecule has 0 heterocycles. The summed E-state index contributed by atoms with van der Waals surface area (Å²) in [5.41, 5.74) is 0. The van der Waals surface area contributed by atoms with Crippen molar-refractivity contribution < 1.29 is 24.2 Å². The highest BCUT2D eigenvalue weighted by Crippen LogP contribution is 2.18. The number of carbonyl (C=O) groups excluding carboxylic acids is 2. The quantitative estimate of drug-likeness (QED) is 0.0373. The number of unbranched alkanes of at least 4 members (excludes halogenated alkanes) is 36. The molecule has 0 rings (SSSR count). The lowest BCUT2D eigenvalue weighted by molar-refractivity contribution is -0.161. The third-order valence-corrected chi connectivity index (χ3v) is 14.4. The van der Waals surface area contributed by atoms with Gasteiger partial charge in [0.2, 0.25) is 0 Å². The molecule has 0 saturated carbocycles. The molecule has 0 fully saturated rings.